The molecule has 4 nitrogen and oxygen atoms in total. The van der Waals surface area contributed by atoms with Gasteiger partial charge in [-0.3, -0.25) is 0 Å². The molecule has 0 amide bonds. The van der Waals surface area contributed by atoms with Crippen LogP contribution >= 0.6 is 0 Å². The standard InChI is InChI=1S/2C2H4O2.5Ni.8H/c2*1-2(3)4;;;;;;;;;;;;;/h2*1H3,(H,3,4);;;;;;;;;;;;;/q;;5*+2;8*-1/p-2. The van der Waals surface area contributed by atoms with E-state index in [0.717, 1.165) is 13.8 Å². The maximum atomic E-state index is 8.89. The second-order valence-electron chi connectivity index (χ2n) is 0.983. The van der Waals surface area contributed by atoms with Gasteiger partial charge in [-0.15, -0.1) is 0 Å². The van der Waals surface area contributed by atoms with Crippen molar-refractivity contribution in [2.24, 2.45) is 0 Å². The molecule has 0 aromatic heterocycles. The van der Waals surface area contributed by atoms with Crippen LogP contribution in [0.4, 0.5) is 0 Å². The second kappa shape index (κ2) is 37.6. The molecule has 13 heavy (non-hydrogen) atoms. The van der Waals surface area contributed by atoms with Crippen LogP contribution in [0.2, 0.25) is 0 Å². The molecule has 0 aliphatic carbocycles. The van der Waals surface area contributed by atoms with Crippen molar-refractivity contribution in [2.75, 3.05) is 0 Å². The Balaban J connectivity index is -0.00000000163. The van der Waals surface area contributed by atoms with E-state index in [1.165, 1.54) is 0 Å². The average molecular weight is 420 g/mol. The predicted octanol–water partition coefficient (Wildman–Crippen LogP) is -1.60. The van der Waals surface area contributed by atoms with E-state index in [1.54, 1.807) is 0 Å². The minimum Gasteiger partial charge on any atom is -1.00 e. The van der Waals surface area contributed by atoms with Gasteiger partial charge in [-0.2, -0.15) is 0 Å². The summed E-state index contributed by atoms with van der Waals surface area (Å²) in [6.07, 6.45) is 0. The first-order chi connectivity index (χ1) is 3.46. The van der Waals surface area contributed by atoms with E-state index in [0.29, 0.717) is 0 Å². The molecule has 0 aromatic rings. The maximum absolute atomic E-state index is 8.89. The van der Waals surface area contributed by atoms with Crippen molar-refractivity contribution in [2.45, 2.75) is 13.8 Å². The summed E-state index contributed by atoms with van der Waals surface area (Å²) in [6, 6.07) is 0. The summed E-state index contributed by atoms with van der Waals surface area (Å²) in [7, 11) is 0. The summed E-state index contributed by atoms with van der Waals surface area (Å²) in [5.74, 6) is -2.17. The van der Waals surface area contributed by atoms with Gasteiger partial charge < -0.3 is 31.2 Å². The van der Waals surface area contributed by atoms with Crippen molar-refractivity contribution in [3.05, 3.63) is 0 Å². The van der Waals surface area contributed by atoms with Crippen molar-refractivity contribution in [3.8, 4) is 0 Å². The molecule has 0 saturated heterocycles. The molecule has 0 fully saturated rings. The third-order valence-corrected chi connectivity index (χ3v) is 0. The van der Waals surface area contributed by atoms with Gasteiger partial charge in [0.1, 0.15) is 0 Å². The van der Waals surface area contributed by atoms with Crippen LogP contribution in [0.1, 0.15) is 25.3 Å². The summed E-state index contributed by atoms with van der Waals surface area (Å²) < 4.78 is 0. The van der Waals surface area contributed by atoms with Crippen molar-refractivity contribution >= 4 is 11.9 Å². The topological polar surface area (TPSA) is 80.3 Å². The van der Waals surface area contributed by atoms with E-state index in [2.05, 4.69) is 0 Å². The number of hydrogen-bond acceptors (Lipinski definition) is 4. The summed E-state index contributed by atoms with van der Waals surface area (Å²) in [4.78, 5) is 17.8. The fraction of sp³-hybridized carbons (Fsp3) is 0.500. The van der Waals surface area contributed by atoms with Crippen LogP contribution in [-0.2, 0) is 92.0 Å². The molecule has 0 unspecified atom stereocenters. The number of hydrogen-bond donors (Lipinski definition) is 0. The van der Waals surface area contributed by atoms with Crippen molar-refractivity contribution in [1.29, 1.82) is 0 Å². The third kappa shape index (κ3) is 881. The molecule has 0 rings (SSSR count). The zero-order chi connectivity index (χ0) is 7.15. The molecule has 0 saturated carbocycles. The zero-order valence-electron chi connectivity index (χ0n) is 14.2. The van der Waals surface area contributed by atoms with Crippen LogP contribution in [0, 0.1) is 0 Å². The Morgan fingerprint density at radius 2 is 0.769 bits per heavy atom. The molecular formula is C4H14Ni5O4. The van der Waals surface area contributed by atoms with Crippen molar-refractivity contribution in [1.82, 2.24) is 0 Å². The Bertz CT molecular complexity index is 98.7. The fourth-order valence-electron chi connectivity index (χ4n) is 0. The van der Waals surface area contributed by atoms with Crippen LogP contribution in [0.5, 0.6) is 0 Å². The smallest absolute Gasteiger partial charge is 1.00 e. The van der Waals surface area contributed by atoms with E-state index < -0.39 is 11.9 Å². The summed E-state index contributed by atoms with van der Waals surface area (Å²) in [5, 5.41) is 17.8. The predicted molar refractivity (Wildman–Crippen MR) is 30.3 cm³/mol. The van der Waals surface area contributed by atoms with Gasteiger partial charge in [0.05, 0.1) is 0 Å². The van der Waals surface area contributed by atoms with E-state index in [1.807, 2.05) is 0 Å². The summed E-state index contributed by atoms with van der Waals surface area (Å²) >= 11 is 0. The molecule has 0 aliphatic heterocycles. The van der Waals surface area contributed by atoms with Gasteiger partial charge in [-0.05, 0) is 13.8 Å². The third-order valence-electron chi connectivity index (χ3n) is 0. The van der Waals surface area contributed by atoms with Gasteiger partial charge in [0.25, 0.3) is 0 Å². The number of carboxylic acids is 2. The van der Waals surface area contributed by atoms with Gasteiger partial charge in [0.15, 0.2) is 0 Å². The Hall–Kier alpha value is 1.41. The Kier molecular flexibility index (Phi) is 137. The van der Waals surface area contributed by atoms with E-state index in [-0.39, 0.29) is 93.9 Å². The minimum atomic E-state index is -1.08. The zero-order valence-corrected chi connectivity index (χ0v) is 11.2. The molecule has 0 atom stereocenters. The molecule has 0 radical (unpaired) electrons. The Labute approximate surface area is 139 Å². The van der Waals surface area contributed by atoms with Crippen LogP contribution < -0.4 is 10.2 Å². The molecule has 9 heteroatoms. The monoisotopic (exact) mass is 416 g/mol. The average Bonchev–Trinajstić information content (AvgIpc) is 1.25. The van der Waals surface area contributed by atoms with Gasteiger partial charge >= 0.3 is 82.5 Å². The molecular weight excluding hydrogens is 406 g/mol. The molecule has 0 aliphatic rings. The maximum Gasteiger partial charge on any atom is 2.00 e. The van der Waals surface area contributed by atoms with Crippen LogP contribution in [0.3, 0.4) is 0 Å². The Morgan fingerprint density at radius 3 is 0.769 bits per heavy atom. The molecule has 0 heterocycles. The first-order valence-electron chi connectivity index (χ1n) is 1.82. The summed E-state index contributed by atoms with van der Waals surface area (Å²) in [5.41, 5.74) is 0. The number of carbonyl (C=O) groups is 2. The normalized spacial score (nSPS) is 3.85. The van der Waals surface area contributed by atoms with E-state index in [4.69, 9.17) is 19.8 Å². The molecule has 104 valence electrons. The number of aliphatic carboxylic acids is 2. The van der Waals surface area contributed by atoms with Crippen molar-refractivity contribution < 1.29 is 114 Å². The molecule has 0 spiro atoms. The second-order valence-corrected chi connectivity index (χ2v) is 0.983. The Morgan fingerprint density at radius 1 is 0.769 bits per heavy atom. The fourth-order valence-corrected chi connectivity index (χ4v) is 0. The first-order valence-corrected chi connectivity index (χ1v) is 1.82. The van der Waals surface area contributed by atoms with Crippen LogP contribution in [0.15, 0.2) is 0 Å². The van der Waals surface area contributed by atoms with Gasteiger partial charge in [-0.25, -0.2) is 0 Å². The first kappa shape index (κ1) is 47.2. The number of carboxylic acid groups (broad SMARTS) is 2. The SMILES string of the molecule is CC(=O)[O-].CC(=O)[O-].[H-].[H-].[H-].[H-].[H-].[H-].[H-].[H-].[Ni+2].[Ni+2].[Ni+2].[Ni+2].[Ni+2]. The van der Waals surface area contributed by atoms with E-state index >= 15 is 0 Å². The quantitative estimate of drug-likeness (QED) is 0.443. The van der Waals surface area contributed by atoms with Crippen LogP contribution in [0.25, 0.3) is 0 Å². The van der Waals surface area contributed by atoms with Gasteiger partial charge in [0.2, 0.25) is 0 Å². The summed E-state index contributed by atoms with van der Waals surface area (Å²) in [6.45, 7) is 1.94. The largest absolute Gasteiger partial charge is 2.00 e. The van der Waals surface area contributed by atoms with Crippen molar-refractivity contribution in [3.63, 3.8) is 0 Å². The van der Waals surface area contributed by atoms with Crippen LogP contribution in [-0.4, -0.2) is 11.9 Å². The van der Waals surface area contributed by atoms with Gasteiger partial charge in [0, 0.05) is 11.9 Å². The molecule has 0 bridgehead atoms. The molecule has 0 aromatic carbocycles. The number of rotatable bonds is 0. The van der Waals surface area contributed by atoms with E-state index in [9.17, 15) is 0 Å². The molecule has 0 N–H and O–H groups in total. The van der Waals surface area contributed by atoms with Gasteiger partial charge in [-0.1, -0.05) is 0 Å². The number of carbonyl (C=O) groups excluding carboxylic acids is 2. The minimum absolute atomic E-state index is 0.